The summed E-state index contributed by atoms with van der Waals surface area (Å²) in [5.41, 5.74) is 0.556. The zero-order chi connectivity index (χ0) is 14.8. The first-order chi connectivity index (χ1) is 9.63. The monoisotopic (exact) mass is 280 g/mol. The third-order valence-electron chi connectivity index (χ3n) is 2.71. The molecule has 0 atom stereocenters. The molecule has 0 bridgehead atoms. The van der Waals surface area contributed by atoms with Crippen LogP contribution in [0.5, 0.6) is 0 Å². The Morgan fingerprint density at radius 2 is 2.15 bits per heavy atom. The molecule has 0 aliphatic heterocycles. The molecular formula is C14H24N4O2. The Labute approximate surface area is 120 Å². The second-order valence-electron chi connectivity index (χ2n) is 4.76. The summed E-state index contributed by atoms with van der Waals surface area (Å²) in [6.45, 7) is 2.90. The number of pyridine rings is 1. The van der Waals surface area contributed by atoms with Gasteiger partial charge in [-0.15, -0.1) is 0 Å². The number of carbonyl (C=O) groups is 1. The van der Waals surface area contributed by atoms with Crippen LogP contribution >= 0.6 is 0 Å². The predicted octanol–water partition coefficient (Wildman–Crippen LogP) is 0.821. The van der Waals surface area contributed by atoms with E-state index in [0.29, 0.717) is 18.7 Å². The quantitative estimate of drug-likeness (QED) is 0.656. The molecule has 0 aliphatic rings. The molecule has 0 unspecified atom stereocenters. The maximum atomic E-state index is 11.7. The van der Waals surface area contributed by atoms with E-state index >= 15 is 0 Å². The number of aromatic nitrogens is 1. The van der Waals surface area contributed by atoms with Crippen molar-refractivity contribution in [1.29, 1.82) is 0 Å². The van der Waals surface area contributed by atoms with Crippen molar-refractivity contribution in [1.82, 2.24) is 15.2 Å². The maximum absolute atomic E-state index is 11.7. The summed E-state index contributed by atoms with van der Waals surface area (Å²) in [4.78, 5) is 18.1. The number of hydrogen-bond donors (Lipinski definition) is 2. The molecule has 6 heteroatoms. The van der Waals surface area contributed by atoms with Gasteiger partial charge in [-0.05, 0) is 39.2 Å². The van der Waals surface area contributed by atoms with Crippen molar-refractivity contribution < 1.29 is 9.53 Å². The normalized spacial score (nSPS) is 10.6. The van der Waals surface area contributed by atoms with Crippen molar-refractivity contribution in [3.05, 3.63) is 23.9 Å². The average Bonchev–Trinajstić information content (AvgIpc) is 2.44. The Hall–Kier alpha value is -1.66. The van der Waals surface area contributed by atoms with Crippen molar-refractivity contribution in [3.63, 3.8) is 0 Å². The summed E-state index contributed by atoms with van der Waals surface area (Å²) in [6, 6.07) is 3.59. The van der Waals surface area contributed by atoms with Crippen LogP contribution in [0, 0.1) is 0 Å². The molecule has 0 aliphatic carbocycles. The molecule has 0 radical (unpaired) electrons. The number of nitrogens with one attached hydrogen (secondary N) is 2. The summed E-state index contributed by atoms with van der Waals surface area (Å²) in [6.07, 6.45) is 2.63. The Bertz CT molecular complexity index is 393. The molecule has 20 heavy (non-hydrogen) atoms. The van der Waals surface area contributed by atoms with Gasteiger partial charge < -0.3 is 20.3 Å². The van der Waals surface area contributed by atoms with Gasteiger partial charge in [0.1, 0.15) is 5.82 Å². The second kappa shape index (κ2) is 9.28. The molecule has 0 saturated carbocycles. The van der Waals surface area contributed by atoms with Gasteiger partial charge in [-0.2, -0.15) is 0 Å². The number of rotatable bonds is 9. The summed E-state index contributed by atoms with van der Waals surface area (Å²) in [7, 11) is 5.70. The van der Waals surface area contributed by atoms with Crippen LogP contribution in [0.1, 0.15) is 16.8 Å². The molecule has 0 aromatic carbocycles. The SMILES string of the molecule is COCCNC(=O)c1ccc(NCCCN(C)C)nc1. The molecule has 1 rings (SSSR count). The summed E-state index contributed by atoms with van der Waals surface area (Å²) >= 11 is 0. The highest BCUT2D eigenvalue weighted by molar-refractivity contribution is 5.94. The Kier molecular flexibility index (Phi) is 7.60. The number of amides is 1. The number of hydrogen-bond acceptors (Lipinski definition) is 5. The summed E-state index contributed by atoms with van der Waals surface area (Å²) in [5, 5.41) is 5.98. The number of methoxy groups -OCH3 is 1. The molecular weight excluding hydrogens is 256 g/mol. The van der Waals surface area contributed by atoms with Crippen molar-refractivity contribution in [2.45, 2.75) is 6.42 Å². The number of carbonyl (C=O) groups excluding carboxylic acids is 1. The summed E-state index contributed by atoms with van der Waals surface area (Å²) < 4.78 is 4.88. The van der Waals surface area contributed by atoms with Crippen LogP contribution in [0.3, 0.4) is 0 Å². The van der Waals surface area contributed by atoms with E-state index in [0.717, 1.165) is 25.3 Å². The summed E-state index contributed by atoms with van der Waals surface area (Å²) in [5.74, 6) is 0.658. The van der Waals surface area contributed by atoms with Gasteiger partial charge in [0, 0.05) is 26.4 Å². The van der Waals surface area contributed by atoms with Gasteiger partial charge in [-0.1, -0.05) is 0 Å². The zero-order valence-electron chi connectivity index (χ0n) is 12.5. The Morgan fingerprint density at radius 3 is 2.75 bits per heavy atom. The lowest BCUT2D eigenvalue weighted by molar-refractivity contribution is 0.0937. The van der Waals surface area contributed by atoms with Gasteiger partial charge in [-0.25, -0.2) is 4.98 Å². The van der Waals surface area contributed by atoms with E-state index in [1.807, 2.05) is 6.07 Å². The molecule has 1 amide bonds. The third-order valence-corrected chi connectivity index (χ3v) is 2.71. The molecule has 112 valence electrons. The van der Waals surface area contributed by atoms with Gasteiger partial charge in [0.25, 0.3) is 5.91 Å². The van der Waals surface area contributed by atoms with Crippen LogP contribution in [0.15, 0.2) is 18.3 Å². The molecule has 1 aromatic rings. The van der Waals surface area contributed by atoms with Gasteiger partial charge in [0.2, 0.25) is 0 Å². The average molecular weight is 280 g/mol. The van der Waals surface area contributed by atoms with Gasteiger partial charge >= 0.3 is 0 Å². The van der Waals surface area contributed by atoms with E-state index in [1.54, 1.807) is 19.4 Å². The fourth-order valence-corrected chi connectivity index (χ4v) is 1.61. The van der Waals surface area contributed by atoms with Gasteiger partial charge in [0.15, 0.2) is 0 Å². The zero-order valence-corrected chi connectivity index (χ0v) is 12.5. The van der Waals surface area contributed by atoms with Crippen LogP contribution in [0.4, 0.5) is 5.82 Å². The van der Waals surface area contributed by atoms with Crippen molar-refractivity contribution in [3.8, 4) is 0 Å². The topological polar surface area (TPSA) is 66.5 Å². The Morgan fingerprint density at radius 1 is 1.35 bits per heavy atom. The molecule has 6 nitrogen and oxygen atoms in total. The van der Waals surface area contributed by atoms with E-state index in [1.165, 1.54) is 0 Å². The van der Waals surface area contributed by atoms with Gasteiger partial charge in [0.05, 0.1) is 12.2 Å². The molecule has 0 saturated heterocycles. The van der Waals surface area contributed by atoms with Crippen LogP contribution in [-0.2, 0) is 4.74 Å². The van der Waals surface area contributed by atoms with E-state index in [9.17, 15) is 4.79 Å². The predicted molar refractivity (Wildman–Crippen MR) is 80.1 cm³/mol. The first kappa shape index (κ1) is 16.4. The van der Waals surface area contributed by atoms with E-state index in [-0.39, 0.29) is 5.91 Å². The highest BCUT2D eigenvalue weighted by Gasteiger charge is 2.05. The molecule has 0 spiro atoms. The third kappa shape index (κ3) is 6.49. The minimum Gasteiger partial charge on any atom is -0.383 e. The molecule has 0 fully saturated rings. The van der Waals surface area contributed by atoms with Crippen LogP contribution in [0.2, 0.25) is 0 Å². The lowest BCUT2D eigenvalue weighted by atomic mass is 10.2. The van der Waals surface area contributed by atoms with E-state index in [4.69, 9.17) is 4.74 Å². The highest BCUT2D eigenvalue weighted by Crippen LogP contribution is 2.05. The van der Waals surface area contributed by atoms with Crippen LogP contribution in [0.25, 0.3) is 0 Å². The lowest BCUT2D eigenvalue weighted by Crippen LogP contribution is -2.27. The second-order valence-corrected chi connectivity index (χ2v) is 4.76. The number of anilines is 1. The molecule has 1 heterocycles. The smallest absolute Gasteiger partial charge is 0.252 e. The minimum absolute atomic E-state index is 0.131. The highest BCUT2D eigenvalue weighted by atomic mass is 16.5. The number of ether oxygens (including phenoxy) is 1. The fraction of sp³-hybridized carbons (Fsp3) is 0.571. The lowest BCUT2D eigenvalue weighted by Gasteiger charge is -2.10. The van der Waals surface area contributed by atoms with Crippen LogP contribution in [-0.4, -0.2) is 63.2 Å². The van der Waals surface area contributed by atoms with Crippen molar-refractivity contribution in [2.75, 3.05) is 52.8 Å². The Balaban J connectivity index is 2.34. The van der Waals surface area contributed by atoms with Gasteiger partial charge in [-0.3, -0.25) is 4.79 Å². The van der Waals surface area contributed by atoms with Crippen molar-refractivity contribution >= 4 is 11.7 Å². The maximum Gasteiger partial charge on any atom is 0.252 e. The largest absolute Gasteiger partial charge is 0.383 e. The standard InChI is InChI=1S/C14H24N4O2/c1-18(2)9-4-7-15-13-6-5-12(11-17-13)14(19)16-8-10-20-3/h5-6,11H,4,7-10H2,1-3H3,(H,15,17)(H,16,19). The van der Waals surface area contributed by atoms with E-state index in [2.05, 4.69) is 34.6 Å². The number of nitrogens with zero attached hydrogens (tertiary/aromatic N) is 2. The molecule has 1 aromatic heterocycles. The molecule has 2 N–H and O–H groups in total. The van der Waals surface area contributed by atoms with Crippen molar-refractivity contribution in [2.24, 2.45) is 0 Å². The fourth-order valence-electron chi connectivity index (χ4n) is 1.61. The van der Waals surface area contributed by atoms with Crippen LogP contribution < -0.4 is 10.6 Å². The minimum atomic E-state index is -0.131. The van der Waals surface area contributed by atoms with E-state index < -0.39 is 0 Å². The first-order valence-corrected chi connectivity index (χ1v) is 6.75. The first-order valence-electron chi connectivity index (χ1n) is 6.75.